The lowest BCUT2D eigenvalue weighted by Crippen LogP contribution is -2.51. The Kier molecular flexibility index (Phi) is 5.61. The monoisotopic (exact) mass is 279 g/mol. The van der Waals surface area contributed by atoms with E-state index in [1.807, 2.05) is 32.2 Å². The first-order valence-electron chi connectivity index (χ1n) is 7.39. The number of ether oxygens (including phenoxy) is 2. The minimum atomic E-state index is 0.145. The SMILES string of the molecule is CCNCC1COCCN1c1ncccc1OC(C)C. The molecule has 0 amide bonds. The molecular formula is C15H25N3O2. The van der Waals surface area contributed by atoms with Gasteiger partial charge in [0.05, 0.1) is 25.4 Å². The van der Waals surface area contributed by atoms with Crippen LogP contribution in [0.4, 0.5) is 5.82 Å². The van der Waals surface area contributed by atoms with Crippen LogP contribution in [0, 0.1) is 0 Å². The van der Waals surface area contributed by atoms with Crippen LogP contribution in [0.25, 0.3) is 0 Å². The molecule has 1 N–H and O–H groups in total. The van der Waals surface area contributed by atoms with E-state index in [1.165, 1.54) is 0 Å². The summed E-state index contributed by atoms with van der Waals surface area (Å²) in [6.45, 7) is 10.4. The summed E-state index contributed by atoms with van der Waals surface area (Å²) in [6.07, 6.45) is 1.97. The van der Waals surface area contributed by atoms with Gasteiger partial charge in [-0.25, -0.2) is 4.98 Å². The number of anilines is 1. The molecule has 5 nitrogen and oxygen atoms in total. The Morgan fingerprint density at radius 3 is 3.15 bits per heavy atom. The Morgan fingerprint density at radius 1 is 1.55 bits per heavy atom. The maximum atomic E-state index is 5.89. The van der Waals surface area contributed by atoms with Crippen LogP contribution in [0.1, 0.15) is 20.8 Å². The molecule has 20 heavy (non-hydrogen) atoms. The van der Waals surface area contributed by atoms with Crippen molar-refractivity contribution in [3.63, 3.8) is 0 Å². The van der Waals surface area contributed by atoms with Gasteiger partial charge in [0.1, 0.15) is 0 Å². The lowest BCUT2D eigenvalue weighted by atomic mass is 10.2. The molecule has 1 aliphatic heterocycles. The third-order valence-electron chi connectivity index (χ3n) is 3.24. The largest absolute Gasteiger partial charge is 0.487 e. The minimum Gasteiger partial charge on any atom is -0.487 e. The predicted octanol–water partition coefficient (Wildman–Crippen LogP) is 1.68. The number of hydrogen-bond donors (Lipinski definition) is 1. The average Bonchev–Trinajstić information content (AvgIpc) is 2.45. The molecule has 1 aromatic heterocycles. The molecule has 0 aromatic carbocycles. The Labute approximate surface area is 121 Å². The van der Waals surface area contributed by atoms with Crippen molar-refractivity contribution in [2.45, 2.75) is 32.9 Å². The highest BCUT2D eigenvalue weighted by Crippen LogP contribution is 2.28. The van der Waals surface area contributed by atoms with Crippen molar-refractivity contribution in [3.8, 4) is 5.75 Å². The van der Waals surface area contributed by atoms with Crippen molar-refractivity contribution in [1.29, 1.82) is 0 Å². The molecule has 1 aromatic rings. The number of nitrogens with zero attached hydrogens (tertiary/aromatic N) is 2. The Balaban J connectivity index is 2.18. The number of likely N-dealkylation sites (N-methyl/N-ethyl adjacent to an activating group) is 1. The smallest absolute Gasteiger partial charge is 0.171 e. The fourth-order valence-electron chi connectivity index (χ4n) is 2.36. The van der Waals surface area contributed by atoms with Crippen molar-refractivity contribution in [3.05, 3.63) is 18.3 Å². The fraction of sp³-hybridized carbons (Fsp3) is 0.667. The van der Waals surface area contributed by atoms with Crippen LogP contribution in [-0.2, 0) is 4.74 Å². The standard InChI is InChI=1S/C15H25N3O2/c1-4-16-10-13-11-19-9-8-18(13)15-14(20-12(2)3)6-5-7-17-15/h5-7,12-13,16H,4,8-11H2,1-3H3. The van der Waals surface area contributed by atoms with Crippen LogP contribution in [0.15, 0.2) is 18.3 Å². The van der Waals surface area contributed by atoms with Crippen LogP contribution in [0.5, 0.6) is 5.75 Å². The van der Waals surface area contributed by atoms with E-state index in [4.69, 9.17) is 9.47 Å². The first-order valence-corrected chi connectivity index (χ1v) is 7.39. The van der Waals surface area contributed by atoms with Gasteiger partial charge in [-0.3, -0.25) is 0 Å². The third-order valence-corrected chi connectivity index (χ3v) is 3.24. The van der Waals surface area contributed by atoms with Gasteiger partial charge in [0.2, 0.25) is 0 Å². The fourth-order valence-corrected chi connectivity index (χ4v) is 2.36. The summed E-state index contributed by atoms with van der Waals surface area (Å²) in [5, 5.41) is 3.39. The maximum Gasteiger partial charge on any atom is 0.171 e. The molecule has 0 radical (unpaired) electrons. The molecule has 1 unspecified atom stereocenters. The first kappa shape index (κ1) is 15.1. The molecule has 1 aliphatic rings. The number of rotatable bonds is 6. The van der Waals surface area contributed by atoms with Gasteiger partial charge in [-0.1, -0.05) is 6.92 Å². The van der Waals surface area contributed by atoms with Crippen LogP contribution in [0.3, 0.4) is 0 Å². The van der Waals surface area contributed by atoms with Gasteiger partial charge < -0.3 is 19.7 Å². The molecule has 112 valence electrons. The van der Waals surface area contributed by atoms with E-state index in [-0.39, 0.29) is 6.10 Å². The minimum absolute atomic E-state index is 0.145. The maximum absolute atomic E-state index is 5.89. The van der Waals surface area contributed by atoms with Gasteiger partial charge in [0, 0.05) is 19.3 Å². The van der Waals surface area contributed by atoms with Gasteiger partial charge in [0.15, 0.2) is 11.6 Å². The molecule has 0 aliphatic carbocycles. The summed E-state index contributed by atoms with van der Waals surface area (Å²) in [5.41, 5.74) is 0. The quantitative estimate of drug-likeness (QED) is 0.858. The van der Waals surface area contributed by atoms with Crippen molar-refractivity contribution in [2.75, 3.05) is 37.7 Å². The first-order chi connectivity index (χ1) is 9.72. The number of pyridine rings is 1. The highest BCUT2D eigenvalue weighted by molar-refractivity contribution is 5.53. The molecular weight excluding hydrogens is 254 g/mol. The summed E-state index contributed by atoms with van der Waals surface area (Å²) in [4.78, 5) is 6.83. The van der Waals surface area contributed by atoms with Gasteiger partial charge in [0.25, 0.3) is 0 Å². The van der Waals surface area contributed by atoms with Gasteiger partial charge >= 0.3 is 0 Å². The van der Waals surface area contributed by atoms with Gasteiger partial charge in [-0.2, -0.15) is 0 Å². The molecule has 0 saturated carbocycles. The highest BCUT2D eigenvalue weighted by Gasteiger charge is 2.26. The molecule has 0 bridgehead atoms. The molecule has 5 heteroatoms. The van der Waals surface area contributed by atoms with E-state index in [2.05, 4.69) is 22.1 Å². The summed E-state index contributed by atoms with van der Waals surface area (Å²) >= 11 is 0. The van der Waals surface area contributed by atoms with Crippen molar-refractivity contribution >= 4 is 5.82 Å². The second-order valence-corrected chi connectivity index (χ2v) is 5.22. The summed E-state index contributed by atoms with van der Waals surface area (Å²) in [6, 6.07) is 4.20. The van der Waals surface area contributed by atoms with Crippen molar-refractivity contribution in [2.24, 2.45) is 0 Å². The summed E-state index contributed by atoms with van der Waals surface area (Å²) < 4.78 is 11.5. The Hall–Kier alpha value is -1.33. The van der Waals surface area contributed by atoms with E-state index in [1.54, 1.807) is 0 Å². The van der Waals surface area contributed by atoms with E-state index in [9.17, 15) is 0 Å². The number of aromatic nitrogens is 1. The summed E-state index contributed by atoms with van der Waals surface area (Å²) in [7, 11) is 0. The van der Waals surface area contributed by atoms with Crippen molar-refractivity contribution < 1.29 is 9.47 Å². The van der Waals surface area contributed by atoms with Crippen LogP contribution in [-0.4, -0.2) is 50.0 Å². The van der Waals surface area contributed by atoms with Crippen LogP contribution < -0.4 is 15.0 Å². The topological polar surface area (TPSA) is 46.6 Å². The number of hydrogen-bond acceptors (Lipinski definition) is 5. The zero-order valence-electron chi connectivity index (χ0n) is 12.6. The lowest BCUT2D eigenvalue weighted by molar-refractivity contribution is 0.0929. The van der Waals surface area contributed by atoms with Gasteiger partial charge in [-0.05, 0) is 32.5 Å². The third kappa shape index (κ3) is 3.84. The van der Waals surface area contributed by atoms with Crippen LogP contribution >= 0.6 is 0 Å². The zero-order chi connectivity index (χ0) is 14.4. The highest BCUT2D eigenvalue weighted by atomic mass is 16.5. The Bertz CT molecular complexity index is 412. The molecule has 1 fully saturated rings. The molecule has 2 rings (SSSR count). The Morgan fingerprint density at radius 2 is 2.40 bits per heavy atom. The van der Waals surface area contributed by atoms with Gasteiger partial charge in [-0.15, -0.1) is 0 Å². The number of morpholine rings is 1. The second-order valence-electron chi connectivity index (χ2n) is 5.22. The lowest BCUT2D eigenvalue weighted by Gasteiger charge is -2.37. The second kappa shape index (κ2) is 7.45. The van der Waals surface area contributed by atoms with E-state index >= 15 is 0 Å². The summed E-state index contributed by atoms with van der Waals surface area (Å²) in [5.74, 6) is 1.78. The normalized spacial score (nSPS) is 19.4. The molecule has 0 spiro atoms. The van der Waals surface area contributed by atoms with E-state index < -0.39 is 0 Å². The predicted molar refractivity (Wildman–Crippen MR) is 80.5 cm³/mol. The number of nitrogens with one attached hydrogen (secondary N) is 1. The molecule has 2 heterocycles. The van der Waals surface area contributed by atoms with Crippen molar-refractivity contribution in [1.82, 2.24) is 10.3 Å². The van der Waals surface area contributed by atoms with E-state index in [0.29, 0.717) is 6.04 Å². The molecule has 1 saturated heterocycles. The zero-order valence-corrected chi connectivity index (χ0v) is 12.6. The van der Waals surface area contributed by atoms with Crippen LogP contribution in [0.2, 0.25) is 0 Å². The van der Waals surface area contributed by atoms with E-state index in [0.717, 1.165) is 44.4 Å². The average molecular weight is 279 g/mol. The molecule has 1 atom stereocenters.